The van der Waals surface area contributed by atoms with Crippen LogP contribution in [0, 0.1) is 0 Å². The number of ether oxygens (including phenoxy) is 3. The highest BCUT2D eigenvalue weighted by Gasteiger charge is 2.44. The van der Waals surface area contributed by atoms with Crippen LogP contribution in [0.4, 0.5) is 0 Å². The molecule has 1 aliphatic heterocycles. The maximum Gasteiger partial charge on any atom is 0.229 e. The fourth-order valence-electron chi connectivity index (χ4n) is 3.60. The van der Waals surface area contributed by atoms with Gasteiger partial charge in [-0.1, -0.05) is 6.07 Å². The zero-order valence-corrected chi connectivity index (χ0v) is 17.3. The van der Waals surface area contributed by atoms with Crippen LogP contribution in [0.5, 0.6) is 23.0 Å². The molecule has 0 bridgehead atoms. The van der Waals surface area contributed by atoms with Crippen LogP contribution in [0.15, 0.2) is 45.8 Å². The molecule has 0 amide bonds. The van der Waals surface area contributed by atoms with E-state index in [0.717, 1.165) is 0 Å². The number of rotatable bonds is 5. The largest absolute Gasteiger partial charge is 0.507 e. The van der Waals surface area contributed by atoms with Gasteiger partial charge >= 0.3 is 0 Å². The van der Waals surface area contributed by atoms with Crippen LogP contribution < -0.4 is 14.9 Å². The highest BCUT2D eigenvalue weighted by atomic mass is 16.7. The minimum Gasteiger partial charge on any atom is -0.507 e. The molecule has 1 aliphatic rings. The molecule has 6 N–H and O–H groups in total. The smallest absolute Gasteiger partial charge is 0.229 e. The topological polar surface area (TPSA) is 179 Å². The zero-order valence-electron chi connectivity index (χ0n) is 17.3. The Kier molecular flexibility index (Phi) is 6.15. The summed E-state index contributed by atoms with van der Waals surface area (Å²) in [5, 5.41) is 59.7. The van der Waals surface area contributed by atoms with Crippen LogP contribution in [0.25, 0.3) is 22.1 Å². The Morgan fingerprint density at radius 1 is 1.00 bits per heavy atom. The second-order valence-electron chi connectivity index (χ2n) is 7.50. The first-order valence-corrected chi connectivity index (χ1v) is 9.88. The molecule has 33 heavy (non-hydrogen) atoms. The predicted octanol–water partition coefficient (Wildman–Crippen LogP) is 0.0585. The summed E-state index contributed by atoms with van der Waals surface area (Å²) >= 11 is 0. The van der Waals surface area contributed by atoms with Gasteiger partial charge in [0.25, 0.3) is 0 Å². The molecule has 1 saturated heterocycles. The molecule has 176 valence electrons. The van der Waals surface area contributed by atoms with Crippen LogP contribution in [-0.4, -0.2) is 75.1 Å². The summed E-state index contributed by atoms with van der Waals surface area (Å²) in [6.07, 6.45) is -6.34. The standard InChI is InChI=1S/C22H22O11/c1-30-10-5-13(25)17-15(6-10)31-8-11(18(17)26)9-2-3-14(12(24)4-9)32-22-21(29)20(28)19(27)16(7-23)33-22/h2-6,8,16,19-25,27-29H,7H2,1H3/t16-,19-,20+,21-,22-/m0/s1. The molecular formula is C22H22O11. The van der Waals surface area contributed by atoms with Gasteiger partial charge in [-0.15, -0.1) is 0 Å². The van der Waals surface area contributed by atoms with Crippen molar-refractivity contribution in [2.45, 2.75) is 30.7 Å². The Morgan fingerprint density at radius 2 is 1.76 bits per heavy atom. The molecule has 1 aromatic heterocycles. The first-order chi connectivity index (χ1) is 15.7. The van der Waals surface area contributed by atoms with Gasteiger partial charge in [0.05, 0.1) is 19.3 Å². The molecule has 4 rings (SSSR count). The lowest BCUT2D eigenvalue weighted by molar-refractivity contribution is -0.277. The normalized spacial score (nSPS) is 25.2. The number of aliphatic hydroxyl groups excluding tert-OH is 4. The minimum atomic E-state index is -1.66. The molecule has 0 saturated carbocycles. The Morgan fingerprint density at radius 3 is 2.42 bits per heavy atom. The van der Waals surface area contributed by atoms with Gasteiger partial charge in [0.15, 0.2) is 11.5 Å². The van der Waals surface area contributed by atoms with E-state index in [0.29, 0.717) is 5.75 Å². The summed E-state index contributed by atoms with van der Waals surface area (Å²) in [6.45, 7) is -0.633. The van der Waals surface area contributed by atoms with Gasteiger partial charge < -0.3 is 49.3 Å². The Bertz CT molecular complexity index is 1220. The van der Waals surface area contributed by atoms with E-state index >= 15 is 0 Å². The van der Waals surface area contributed by atoms with E-state index in [2.05, 4.69) is 0 Å². The van der Waals surface area contributed by atoms with E-state index in [9.17, 15) is 35.4 Å². The molecule has 0 aliphatic carbocycles. The van der Waals surface area contributed by atoms with Crippen molar-refractivity contribution >= 4 is 11.0 Å². The lowest BCUT2D eigenvalue weighted by atomic mass is 9.99. The number of hydrogen-bond donors (Lipinski definition) is 6. The lowest BCUT2D eigenvalue weighted by Crippen LogP contribution is -2.60. The van der Waals surface area contributed by atoms with E-state index in [1.54, 1.807) is 0 Å². The van der Waals surface area contributed by atoms with Crippen molar-refractivity contribution in [1.29, 1.82) is 0 Å². The fraction of sp³-hybridized carbons (Fsp3) is 0.318. The van der Waals surface area contributed by atoms with E-state index in [1.165, 1.54) is 43.7 Å². The zero-order chi connectivity index (χ0) is 23.9. The van der Waals surface area contributed by atoms with Crippen molar-refractivity contribution in [1.82, 2.24) is 0 Å². The summed E-state index contributed by atoms with van der Waals surface area (Å²) in [7, 11) is 1.41. The summed E-state index contributed by atoms with van der Waals surface area (Å²) in [4.78, 5) is 12.9. The number of benzene rings is 2. The van der Waals surface area contributed by atoms with Gasteiger partial charge in [-0.3, -0.25) is 4.79 Å². The highest BCUT2D eigenvalue weighted by Crippen LogP contribution is 2.35. The van der Waals surface area contributed by atoms with Crippen LogP contribution in [-0.2, 0) is 4.74 Å². The van der Waals surface area contributed by atoms with E-state index in [-0.39, 0.29) is 33.6 Å². The number of phenolic OH excluding ortho intramolecular Hbond substituents is 2. The number of phenols is 2. The maximum absolute atomic E-state index is 12.9. The molecular weight excluding hydrogens is 440 g/mol. The SMILES string of the molecule is COc1cc(O)c2c(=O)c(-c3ccc(O[C@H]4O[C@@H](CO)[C@H](O)[C@@H](O)[C@@H]4O)c(O)c3)coc2c1. The van der Waals surface area contributed by atoms with Gasteiger partial charge in [0, 0.05) is 12.1 Å². The maximum atomic E-state index is 12.9. The van der Waals surface area contributed by atoms with Crippen molar-refractivity contribution < 1.29 is 49.3 Å². The number of aliphatic hydroxyl groups is 4. The molecule has 2 aromatic carbocycles. The van der Waals surface area contributed by atoms with Gasteiger partial charge in [-0.05, 0) is 17.7 Å². The average Bonchev–Trinajstić information content (AvgIpc) is 2.80. The molecule has 2 heterocycles. The third-order valence-corrected chi connectivity index (χ3v) is 5.43. The van der Waals surface area contributed by atoms with Crippen LogP contribution >= 0.6 is 0 Å². The third-order valence-electron chi connectivity index (χ3n) is 5.43. The van der Waals surface area contributed by atoms with E-state index in [1.807, 2.05) is 0 Å². The van der Waals surface area contributed by atoms with Crippen LogP contribution in [0.1, 0.15) is 0 Å². The van der Waals surface area contributed by atoms with E-state index in [4.69, 9.17) is 18.6 Å². The quantitative estimate of drug-likeness (QED) is 0.302. The van der Waals surface area contributed by atoms with Gasteiger partial charge in [-0.2, -0.15) is 0 Å². The molecule has 0 spiro atoms. The Hall–Kier alpha value is -3.35. The molecule has 11 nitrogen and oxygen atoms in total. The van der Waals surface area contributed by atoms with Gasteiger partial charge in [-0.25, -0.2) is 0 Å². The molecule has 5 atom stereocenters. The molecule has 0 unspecified atom stereocenters. The predicted molar refractivity (Wildman–Crippen MR) is 112 cm³/mol. The van der Waals surface area contributed by atoms with Gasteiger partial charge in [0.2, 0.25) is 11.7 Å². The van der Waals surface area contributed by atoms with Crippen molar-refractivity contribution in [3.8, 4) is 34.1 Å². The monoisotopic (exact) mass is 462 g/mol. The van der Waals surface area contributed by atoms with Crippen LogP contribution in [0.2, 0.25) is 0 Å². The second-order valence-corrected chi connectivity index (χ2v) is 7.50. The highest BCUT2D eigenvalue weighted by molar-refractivity contribution is 5.88. The molecule has 11 heteroatoms. The summed E-state index contributed by atoms with van der Waals surface area (Å²) in [5.74, 6) is -0.598. The minimum absolute atomic E-state index is 0.0534. The molecule has 1 fully saturated rings. The third kappa shape index (κ3) is 4.08. The first kappa shape index (κ1) is 22.8. The molecule has 0 radical (unpaired) electrons. The molecule has 3 aromatic rings. The fourth-order valence-corrected chi connectivity index (χ4v) is 3.60. The lowest BCUT2D eigenvalue weighted by Gasteiger charge is -2.39. The van der Waals surface area contributed by atoms with Crippen molar-refractivity contribution in [2.24, 2.45) is 0 Å². The first-order valence-electron chi connectivity index (χ1n) is 9.88. The Balaban J connectivity index is 1.64. The summed E-state index contributed by atoms with van der Waals surface area (Å²) in [5.41, 5.74) is -0.122. The second kappa shape index (κ2) is 8.89. The van der Waals surface area contributed by atoms with Crippen molar-refractivity contribution in [3.05, 3.63) is 46.8 Å². The average molecular weight is 462 g/mol. The number of aromatic hydroxyl groups is 2. The van der Waals surface area contributed by atoms with Crippen molar-refractivity contribution in [2.75, 3.05) is 13.7 Å². The van der Waals surface area contributed by atoms with Gasteiger partial charge in [0.1, 0.15) is 53.1 Å². The summed E-state index contributed by atoms with van der Waals surface area (Å²) < 4.78 is 21.2. The van der Waals surface area contributed by atoms with Crippen LogP contribution in [0.3, 0.4) is 0 Å². The number of hydrogen-bond acceptors (Lipinski definition) is 11. The number of methoxy groups -OCH3 is 1. The van der Waals surface area contributed by atoms with E-state index < -0.39 is 48.5 Å². The summed E-state index contributed by atoms with van der Waals surface area (Å²) in [6, 6.07) is 6.66. The number of fused-ring (bicyclic) bond motifs is 1. The van der Waals surface area contributed by atoms with Crippen molar-refractivity contribution in [3.63, 3.8) is 0 Å². The Labute approximate surface area is 186 Å².